The van der Waals surface area contributed by atoms with Crippen molar-refractivity contribution in [3.63, 3.8) is 0 Å². The molecule has 0 spiro atoms. The summed E-state index contributed by atoms with van der Waals surface area (Å²) in [6.07, 6.45) is 2.75. The Morgan fingerprint density at radius 1 is 1.05 bits per heavy atom. The van der Waals surface area contributed by atoms with Gasteiger partial charge in [0.25, 0.3) is 0 Å². The molecule has 0 bridgehead atoms. The molecule has 0 saturated carbocycles. The lowest BCUT2D eigenvalue weighted by Crippen LogP contribution is -3.10. The molecular formula is C19H32NO2+. The molecule has 2 rings (SSSR count). The molecule has 1 aromatic carbocycles. The fourth-order valence-electron chi connectivity index (χ4n) is 2.93. The first-order valence-electron chi connectivity index (χ1n) is 8.62. The van der Waals surface area contributed by atoms with Gasteiger partial charge in [-0.1, -0.05) is 32.9 Å². The molecule has 3 nitrogen and oxygen atoms in total. The number of aryl methyl sites for hydroxylation is 1. The van der Waals surface area contributed by atoms with Crippen molar-refractivity contribution in [3.8, 4) is 5.75 Å². The molecule has 0 aromatic heterocycles. The molecular weight excluding hydrogens is 274 g/mol. The van der Waals surface area contributed by atoms with Gasteiger partial charge in [0.2, 0.25) is 0 Å². The zero-order valence-electron chi connectivity index (χ0n) is 14.7. The average molecular weight is 306 g/mol. The number of hydrogen-bond acceptors (Lipinski definition) is 2. The third-order valence-electron chi connectivity index (χ3n) is 4.44. The number of ether oxygens (including phenoxy) is 2. The van der Waals surface area contributed by atoms with Crippen LogP contribution in [-0.4, -0.2) is 39.5 Å². The molecule has 0 atom stereocenters. The van der Waals surface area contributed by atoms with Crippen LogP contribution < -0.4 is 9.64 Å². The maximum atomic E-state index is 5.84. The molecule has 0 unspecified atom stereocenters. The van der Waals surface area contributed by atoms with Crippen LogP contribution in [0.5, 0.6) is 5.75 Å². The van der Waals surface area contributed by atoms with Gasteiger partial charge in [-0.3, -0.25) is 0 Å². The van der Waals surface area contributed by atoms with E-state index in [2.05, 4.69) is 45.9 Å². The summed E-state index contributed by atoms with van der Waals surface area (Å²) < 4.78 is 11.5. The standard InChI is InChI=1S/C19H31NO2/c1-16-15-17(19(2,3)4)7-8-18(16)22-14-13-21-12-11-20-9-5-6-10-20/h7-8,15H,5-6,9-14H2,1-4H3/p+1. The van der Waals surface area contributed by atoms with Crippen molar-refractivity contribution < 1.29 is 14.4 Å². The lowest BCUT2D eigenvalue weighted by Gasteiger charge is -2.20. The minimum atomic E-state index is 0.185. The van der Waals surface area contributed by atoms with E-state index in [-0.39, 0.29) is 5.41 Å². The van der Waals surface area contributed by atoms with Crippen LogP contribution in [0.3, 0.4) is 0 Å². The van der Waals surface area contributed by atoms with E-state index in [0.29, 0.717) is 13.2 Å². The smallest absolute Gasteiger partial charge is 0.122 e. The lowest BCUT2D eigenvalue weighted by molar-refractivity contribution is -0.887. The van der Waals surface area contributed by atoms with Crippen LogP contribution in [0.2, 0.25) is 0 Å². The number of rotatable bonds is 7. The molecule has 22 heavy (non-hydrogen) atoms. The largest absolute Gasteiger partial charge is 0.491 e. The second kappa shape index (κ2) is 7.98. The number of likely N-dealkylation sites (tertiary alicyclic amines) is 1. The predicted molar refractivity (Wildman–Crippen MR) is 91.0 cm³/mol. The van der Waals surface area contributed by atoms with Crippen LogP contribution in [0, 0.1) is 6.92 Å². The van der Waals surface area contributed by atoms with E-state index in [1.807, 2.05) is 0 Å². The maximum absolute atomic E-state index is 5.84. The first-order valence-corrected chi connectivity index (χ1v) is 8.62. The van der Waals surface area contributed by atoms with Crippen molar-refractivity contribution >= 4 is 0 Å². The Kier molecular flexibility index (Phi) is 6.27. The molecule has 1 fully saturated rings. The van der Waals surface area contributed by atoms with Gasteiger partial charge in [0, 0.05) is 12.8 Å². The third-order valence-corrected chi connectivity index (χ3v) is 4.44. The number of nitrogens with one attached hydrogen (secondary N) is 1. The number of quaternary nitrogens is 1. The van der Waals surface area contributed by atoms with E-state index in [4.69, 9.17) is 9.47 Å². The highest BCUT2D eigenvalue weighted by Gasteiger charge is 2.15. The first-order chi connectivity index (χ1) is 10.5. The summed E-state index contributed by atoms with van der Waals surface area (Å²) in [7, 11) is 0. The molecule has 124 valence electrons. The molecule has 1 aliphatic rings. The van der Waals surface area contributed by atoms with Crippen molar-refractivity contribution in [1.82, 2.24) is 0 Å². The van der Waals surface area contributed by atoms with Gasteiger partial charge in [-0.15, -0.1) is 0 Å². The molecule has 0 radical (unpaired) electrons. The highest BCUT2D eigenvalue weighted by molar-refractivity contribution is 5.38. The SMILES string of the molecule is Cc1cc(C(C)(C)C)ccc1OCCOCC[NH+]1CCCC1. The summed E-state index contributed by atoms with van der Waals surface area (Å²) in [4.78, 5) is 1.69. The van der Waals surface area contributed by atoms with Gasteiger partial charge in [0.05, 0.1) is 26.3 Å². The van der Waals surface area contributed by atoms with Crippen molar-refractivity contribution in [2.24, 2.45) is 0 Å². The van der Waals surface area contributed by atoms with Crippen LogP contribution in [0.1, 0.15) is 44.7 Å². The van der Waals surface area contributed by atoms with Gasteiger partial charge in [-0.25, -0.2) is 0 Å². The van der Waals surface area contributed by atoms with E-state index < -0.39 is 0 Å². The normalized spacial score (nSPS) is 16.2. The van der Waals surface area contributed by atoms with Gasteiger partial charge >= 0.3 is 0 Å². The minimum absolute atomic E-state index is 0.185. The quantitative estimate of drug-likeness (QED) is 0.782. The van der Waals surface area contributed by atoms with Crippen LogP contribution in [-0.2, 0) is 10.2 Å². The Morgan fingerprint density at radius 2 is 1.77 bits per heavy atom. The summed E-state index contributed by atoms with van der Waals surface area (Å²) in [5, 5.41) is 0. The fraction of sp³-hybridized carbons (Fsp3) is 0.684. The Bertz CT molecular complexity index is 459. The highest BCUT2D eigenvalue weighted by Crippen LogP contribution is 2.27. The van der Waals surface area contributed by atoms with E-state index in [0.717, 1.165) is 18.9 Å². The number of benzene rings is 1. The lowest BCUT2D eigenvalue weighted by atomic mass is 9.86. The topological polar surface area (TPSA) is 22.9 Å². The van der Waals surface area contributed by atoms with E-state index in [1.165, 1.54) is 37.1 Å². The molecule has 0 amide bonds. The van der Waals surface area contributed by atoms with E-state index >= 15 is 0 Å². The van der Waals surface area contributed by atoms with Crippen LogP contribution in [0.15, 0.2) is 18.2 Å². The molecule has 0 aliphatic carbocycles. The Hall–Kier alpha value is -1.06. The van der Waals surface area contributed by atoms with Crippen molar-refractivity contribution in [3.05, 3.63) is 29.3 Å². The third kappa shape index (κ3) is 5.29. The number of hydrogen-bond donors (Lipinski definition) is 1. The zero-order valence-corrected chi connectivity index (χ0v) is 14.7. The summed E-state index contributed by atoms with van der Waals surface area (Å²) >= 11 is 0. The van der Waals surface area contributed by atoms with Gasteiger partial charge < -0.3 is 14.4 Å². The summed E-state index contributed by atoms with van der Waals surface area (Å²) in [5.74, 6) is 0.974. The maximum Gasteiger partial charge on any atom is 0.122 e. The van der Waals surface area contributed by atoms with Crippen LogP contribution >= 0.6 is 0 Å². The molecule has 1 N–H and O–H groups in total. The monoisotopic (exact) mass is 306 g/mol. The van der Waals surface area contributed by atoms with Crippen LogP contribution in [0.4, 0.5) is 0 Å². The van der Waals surface area contributed by atoms with Crippen molar-refractivity contribution in [2.75, 3.05) is 39.5 Å². The molecule has 1 aromatic rings. The zero-order chi connectivity index (χ0) is 16.0. The first kappa shape index (κ1) is 17.3. The summed E-state index contributed by atoms with van der Waals surface area (Å²) in [5.41, 5.74) is 2.74. The molecule has 1 saturated heterocycles. The summed E-state index contributed by atoms with van der Waals surface area (Å²) in [6, 6.07) is 6.48. The Morgan fingerprint density at radius 3 is 2.41 bits per heavy atom. The molecule has 1 aliphatic heterocycles. The summed E-state index contributed by atoms with van der Waals surface area (Å²) in [6.45, 7) is 14.7. The van der Waals surface area contributed by atoms with Crippen molar-refractivity contribution in [2.45, 2.75) is 46.0 Å². The highest BCUT2D eigenvalue weighted by atomic mass is 16.5. The van der Waals surface area contributed by atoms with Gasteiger partial charge in [-0.2, -0.15) is 0 Å². The fourth-order valence-corrected chi connectivity index (χ4v) is 2.93. The average Bonchev–Trinajstić information content (AvgIpc) is 2.96. The van der Waals surface area contributed by atoms with Crippen molar-refractivity contribution in [1.29, 1.82) is 0 Å². The minimum Gasteiger partial charge on any atom is -0.491 e. The van der Waals surface area contributed by atoms with Gasteiger partial charge in [-0.05, 0) is 29.5 Å². The molecule has 3 heteroatoms. The Labute approximate surface area is 135 Å². The second-order valence-corrected chi connectivity index (χ2v) is 7.40. The Balaban J connectivity index is 1.66. The molecule has 1 heterocycles. The predicted octanol–water partition coefficient (Wildman–Crippen LogP) is 2.37. The van der Waals surface area contributed by atoms with Gasteiger partial charge in [0.1, 0.15) is 18.9 Å². The van der Waals surface area contributed by atoms with Crippen LogP contribution in [0.25, 0.3) is 0 Å². The van der Waals surface area contributed by atoms with E-state index in [1.54, 1.807) is 4.90 Å². The van der Waals surface area contributed by atoms with E-state index in [9.17, 15) is 0 Å². The second-order valence-electron chi connectivity index (χ2n) is 7.40. The van der Waals surface area contributed by atoms with Gasteiger partial charge in [0.15, 0.2) is 0 Å².